The molecule has 0 fully saturated rings. The van der Waals surface area contributed by atoms with E-state index in [4.69, 9.17) is 5.53 Å². The van der Waals surface area contributed by atoms with Gasteiger partial charge in [0.25, 0.3) is 0 Å². The maximum absolute atomic E-state index is 11.2. The SMILES string of the molecule is COC(=O)c1nc(C#CCN=[N+]=[N-])cn1C. The first-order valence-corrected chi connectivity index (χ1v) is 4.30. The third-order valence-electron chi connectivity index (χ3n) is 1.67. The predicted octanol–water partition coefficient (Wildman–Crippen LogP) is 0.868. The summed E-state index contributed by atoms with van der Waals surface area (Å²) in [4.78, 5) is 17.7. The number of imidazole rings is 1. The molecule has 7 heteroatoms. The standard InChI is InChI=1S/C9H9N5O2/c1-14-6-7(4-3-5-11-13-10)12-8(14)9(15)16-2/h6H,5H2,1-2H3. The Hall–Kier alpha value is -2.45. The van der Waals surface area contributed by atoms with Crippen LogP contribution >= 0.6 is 0 Å². The topological polar surface area (TPSA) is 92.9 Å². The summed E-state index contributed by atoms with van der Waals surface area (Å²) in [6.45, 7) is 0.0701. The fourth-order valence-electron chi connectivity index (χ4n) is 1.00. The van der Waals surface area contributed by atoms with Crippen LogP contribution in [0, 0.1) is 11.8 Å². The van der Waals surface area contributed by atoms with E-state index in [1.807, 2.05) is 0 Å². The van der Waals surface area contributed by atoms with Gasteiger partial charge in [-0.05, 0) is 11.5 Å². The summed E-state index contributed by atoms with van der Waals surface area (Å²) in [5.74, 6) is 4.92. The molecule has 1 heterocycles. The van der Waals surface area contributed by atoms with E-state index < -0.39 is 5.97 Å². The Morgan fingerprint density at radius 3 is 3.19 bits per heavy atom. The van der Waals surface area contributed by atoms with Gasteiger partial charge in [-0.1, -0.05) is 11.0 Å². The molecule has 0 radical (unpaired) electrons. The molecular weight excluding hydrogens is 210 g/mol. The lowest BCUT2D eigenvalue weighted by atomic mass is 10.4. The fraction of sp³-hybridized carbons (Fsp3) is 0.333. The average molecular weight is 219 g/mol. The molecule has 7 nitrogen and oxygen atoms in total. The van der Waals surface area contributed by atoms with Gasteiger partial charge in [-0.2, -0.15) is 0 Å². The Morgan fingerprint density at radius 1 is 1.81 bits per heavy atom. The molecule has 0 aliphatic carbocycles. The zero-order chi connectivity index (χ0) is 12.0. The number of ether oxygens (including phenoxy) is 1. The first-order valence-electron chi connectivity index (χ1n) is 4.30. The van der Waals surface area contributed by atoms with Crippen LogP contribution in [0.1, 0.15) is 16.3 Å². The van der Waals surface area contributed by atoms with Gasteiger partial charge in [0.2, 0.25) is 5.82 Å². The lowest BCUT2D eigenvalue weighted by Gasteiger charge is -1.96. The predicted molar refractivity (Wildman–Crippen MR) is 55.4 cm³/mol. The van der Waals surface area contributed by atoms with Gasteiger partial charge in [-0.25, -0.2) is 9.78 Å². The smallest absolute Gasteiger partial charge is 0.374 e. The molecule has 0 saturated carbocycles. The van der Waals surface area contributed by atoms with Crippen LogP contribution in [-0.2, 0) is 11.8 Å². The molecule has 0 N–H and O–H groups in total. The molecule has 1 aromatic heterocycles. The van der Waals surface area contributed by atoms with Crippen LogP contribution in [0.4, 0.5) is 0 Å². The van der Waals surface area contributed by atoms with Gasteiger partial charge in [0, 0.05) is 18.2 Å². The molecule has 1 aromatic rings. The van der Waals surface area contributed by atoms with Gasteiger partial charge in [-0.15, -0.1) is 0 Å². The first kappa shape index (κ1) is 11.6. The number of carbonyl (C=O) groups excluding carboxylic acids is 1. The number of azide groups is 1. The second kappa shape index (κ2) is 5.44. The summed E-state index contributed by atoms with van der Waals surface area (Å²) in [6.07, 6.45) is 1.59. The minimum Gasteiger partial charge on any atom is -0.463 e. The molecule has 0 aliphatic heterocycles. The molecule has 0 saturated heterocycles. The molecule has 0 bridgehead atoms. The number of esters is 1. The molecule has 0 spiro atoms. The van der Waals surface area contributed by atoms with Gasteiger partial charge >= 0.3 is 5.97 Å². The van der Waals surface area contributed by atoms with Crippen molar-refractivity contribution >= 4 is 5.97 Å². The van der Waals surface area contributed by atoms with Crippen molar-refractivity contribution in [2.45, 2.75) is 0 Å². The van der Waals surface area contributed by atoms with Crippen molar-refractivity contribution in [1.82, 2.24) is 9.55 Å². The van der Waals surface area contributed by atoms with E-state index in [0.29, 0.717) is 5.69 Å². The average Bonchev–Trinajstić information content (AvgIpc) is 2.65. The third-order valence-corrected chi connectivity index (χ3v) is 1.67. The molecule has 0 aromatic carbocycles. The molecule has 0 aliphatic rings. The van der Waals surface area contributed by atoms with E-state index in [1.165, 1.54) is 11.7 Å². The molecule has 0 unspecified atom stereocenters. The number of rotatable bonds is 2. The van der Waals surface area contributed by atoms with E-state index in [1.54, 1.807) is 13.2 Å². The van der Waals surface area contributed by atoms with Gasteiger partial charge in [0.1, 0.15) is 5.69 Å². The monoisotopic (exact) mass is 219 g/mol. The minimum atomic E-state index is -0.523. The van der Waals surface area contributed by atoms with E-state index >= 15 is 0 Å². The van der Waals surface area contributed by atoms with Crippen molar-refractivity contribution in [3.05, 3.63) is 28.2 Å². The lowest BCUT2D eigenvalue weighted by molar-refractivity contribution is 0.0582. The Balaban J connectivity index is 2.87. The Labute approximate surface area is 91.7 Å². The molecule has 0 amide bonds. The van der Waals surface area contributed by atoms with E-state index in [2.05, 4.69) is 31.6 Å². The van der Waals surface area contributed by atoms with Crippen molar-refractivity contribution in [3.8, 4) is 11.8 Å². The summed E-state index contributed by atoms with van der Waals surface area (Å²) in [6, 6.07) is 0. The fourth-order valence-corrected chi connectivity index (χ4v) is 1.00. The van der Waals surface area contributed by atoms with Gasteiger partial charge < -0.3 is 9.30 Å². The van der Waals surface area contributed by atoms with E-state index in [0.717, 1.165) is 0 Å². The number of aromatic nitrogens is 2. The third kappa shape index (κ3) is 2.77. The van der Waals surface area contributed by atoms with Crippen molar-refractivity contribution < 1.29 is 9.53 Å². The van der Waals surface area contributed by atoms with Gasteiger partial charge in [0.05, 0.1) is 13.7 Å². The van der Waals surface area contributed by atoms with Crippen molar-refractivity contribution in [1.29, 1.82) is 0 Å². The Morgan fingerprint density at radius 2 is 2.56 bits per heavy atom. The maximum atomic E-state index is 11.2. The normalized spacial score (nSPS) is 8.62. The van der Waals surface area contributed by atoms with Crippen LogP contribution in [0.25, 0.3) is 10.4 Å². The van der Waals surface area contributed by atoms with Crippen molar-refractivity contribution in [3.63, 3.8) is 0 Å². The van der Waals surface area contributed by atoms with Crippen LogP contribution in [0.3, 0.4) is 0 Å². The van der Waals surface area contributed by atoms with E-state index in [9.17, 15) is 4.79 Å². The quantitative estimate of drug-likeness (QED) is 0.243. The second-order valence-corrected chi connectivity index (χ2v) is 2.74. The highest BCUT2D eigenvalue weighted by Gasteiger charge is 2.12. The molecular formula is C9H9N5O2. The molecule has 16 heavy (non-hydrogen) atoms. The largest absolute Gasteiger partial charge is 0.463 e. The van der Waals surface area contributed by atoms with Crippen molar-refractivity contribution in [2.24, 2.45) is 12.2 Å². The van der Waals surface area contributed by atoms with Crippen molar-refractivity contribution in [2.75, 3.05) is 13.7 Å². The highest BCUT2D eigenvalue weighted by Crippen LogP contribution is 2.01. The number of aryl methyl sites for hydroxylation is 1. The number of hydrogen-bond donors (Lipinski definition) is 0. The second-order valence-electron chi connectivity index (χ2n) is 2.74. The number of methoxy groups -OCH3 is 1. The van der Waals surface area contributed by atoms with Crippen LogP contribution in [0.5, 0.6) is 0 Å². The number of nitrogens with zero attached hydrogens (tertiary/aromatic N) is 5. The molecule has 1 rings (SSSR count). The first-order chi connectivity index (χ1) is 7.69. The zero-order valence-electron chi connectivity index (χ0n) is 8.84. The Bertz CT molecular complexity index is 502. The summed E-state index contributed by atoms with van der Waals surface area (Å²) >= 11 is 0. The maximum Gasteiger partial charge on any atom is 0.374 e. The Kier molecular flexibility index (Phi) is 3.95. The number of hydrogen-bond acceptors (Lipinski definition) is 4. The van der Waals surface area contributed by atoms with Gasteiger partial charge in [0.15, 0.2) is 0 Å². The van der Waals surface area contributed by atoms with Crippen LogP contribution in [-0.4, -0.2) is 29.2 Å². The van der Waals surface area contributed by atoms with Gasteiger partial charge in [-0.3, -0.25) is 0 Å². The summed E-state index contributed by atoms with van der Waals surface area (Å²) < 4.78 is 6.05. The highest BCUT2D eigenvalue weighted by atomic mass is 16.5. The lowest BCUT2D eigenvalue weighted by Crippen LogP contribution is -2.08. The van der Waals surface area contributed by atoms with Crippen LogP contribution in [0.2, 0.25) is 0 Å². The zero-order valence-corrected chi connectivity index (χ0v) is 8.84. The number of carbonyl (C=O) groups is 1. The molecule has 0 atom stereocenters. The summed E-state index contributed by atoms with van der Waals surface area (Å²) in [7, 11) is 2.95. The van der Waals surface area contributed by atoms with E-state index in [-0.39, 0.29) is 12.4 Å². The highest BCUT2D eigenvalue weighted by molar-refractivity contribution is 5.85. The summed E-state index contributed by atoms with van der Waals surface area (Å²) in [5.41, 5.74) is 8.45. The van der Waals surface area contributed by atoms with Crippen LogP contribution in [0.15, 0.2) is 11.3 Å². The van der Waals surface area contributed by atoms with Crippen LogP contribution < -0.4 is 0 Å². The minimum absolute atomic E-state index is 0.0701. The summed E-state index contributed by atoms with van der Waals surface area (Å²) in [5, 5.41) is 3.25. The molecule has 82 valence electrons.